The van der Waals surface area contributed by atoms with Gasteiger partial charge in [0, 0.05) is 18.4 Å². The fourth-order valence-electron chi connectivity index (χ4n) is 2.43. The molecule has 22 heavy (non-hydrogen) atoms. The van der Waals surface area contributed by atoms with Gasteiger partial charge in [0.05, 0.1) is 19.6 Å². The van der Waals surface area contributed by atoms with Crippen molar-refractivity contribution in [2.24, 2.45) is 0 Å². The predicted octanol–water partition coefficient (Wildman–Crippen LogP) is 0.959. The molecule has 1 atom stereocenters. The van der Waals surface area contributed by atoms with E-state index in [0.29, 0.717) is 31.9 Å². The van der Waals surface area contributed by atoms with Gasteiger partial charge in [0.1, 0.15) is 11.9 Å². The minimum atomic E-state index is -0.265. The molecule has 116 valence electrons. The molecule has 3 heterocycles. The lowest BCUT2D eigenvalue weighted by Gasteiger charge is -2.31. The molecule has 0 radical (unpaired) electrons. The maximum Gasteiger partial charge on any atom is 0.227 e. The summed E-state index contributed by atoms with van der Waals surface area (Å²) in [5.41, 5.74) is 1.87. The van der Waals surface area contributed by atoms with E-state index in [0.717, 1.165) is 17.1 Å². The summed E-state index contributed by atoms with van der Waals surface area (Å²) < 4.78 is 5.67. The molecule has 0 aliphatic carbocycles. The Morgan fingerprint density at radius 2 is 2.32 bits per heavy atom. The molecule has 1 amide bonds. The number of aryl methyl sites for hydroxylation is 2. The molecule has 1 saturated heterocycles. The van der Waals surface area contributed by atoms with E-state index in [2.05, 4.69) is 20.2 Å². The molecule has 2 aromatic rings. The standard InChI is InChI=1S/C15H19N5O2/c1-10-3-4-12(8-16-10)7-14(21)20-5-6-22-13(9-20)15-17-11(2)18-19-15/h3-4,8,13H,5-7,9H2,1-2H3,(H,17,18,19)/t13-/m0/s1. The highest BCUT2D eigenvalue weighted by atomic mass is 16.5. The highest BCUT2D eigenvalue weighted by Gasteiger charge is 2.27. The normalized spacial score (nSPS) is 18.5. The second-order valence-electron chi connectivity index (χ2n) is 5.46. The lowest BCUT2D eigenvalue weighted by atomic mass is 10.1. The van der Waals surface area contributed by atoms with Crippen LogP contribution in [0.2, 0.25) is 0 Å². The number of carbonyl (C=O) groups is 1. The molecule has 0 spiro atoms. The number of aromatic nitrogens is 4. The molecule has 0 unspecified atom stereocenters. The zero-order chi connectivity index (χ0) is 15.5. The van der Waals surface area contributed by atoms with Crippen molar-refractivity contribution in [1.82, 2.24) is 25.1 Å². The van der Waals surface area contributed by atoms with E-state index in [4.69, 9.17) is 4.74 Å². The number of H-pyrrole nitrogens is 1. The van der Waals surface area contributed by atoms with Crippen molar-refractivity contribution < 1.29 is 9.53 Å². The SMILES string of the molecule is Cc1ccc(CC(=O)N2CCO[C@H](c3n[nH]c(C)n3)C2)cn1. The number of morpholine rings is 1. The first kappa shape index (κ1) is 14.6. The van der Waals surface area contributed by atoms with E-state index in [9.17, 15) is 4.79 Å². The van der Waals surface area contributed by atoms with Crippen LogP contribution in [0.15, 0.2) is 18.3 Å². The maximum atomic E-state index is 12.4. The van der Waals surface area contributed by atoms with Gasteiger partial charge in [0.2, 0.25) is 5.91 Å². The first-order valence-corrected chi connectivity index (χ1v) is 7.31. The summed E-state index contributed by atoms with van der Waals surface area (Å²) >= 11 is 0. The van der Waals surface area contributed by atoms with Gasteiger partial charge in [-0.05, 0) is 25.5 Å². The first-order chi connectivity index (χ1) is 10.6. The van der Waals surface area contributed by atoms with Crippen molar-refractivity contribution in [2.45, 2.75) is 26.4 Å². The second-order valence-corrected chi connectivity index (χ2v) is 5.46. The Bertz CT molecular complexity index is 652. The molecule has 0 aromatic carbocycles. The molecule has 0 saturated carbocycles. The summed E-state index contributed by atoms with van der Waals surface area (Å²) in [4.78, 5) is 22.7. The van der Waals surface area contributed by atoms with Crippen molar-refractivity contribution in [3.05, 3.63) is 41.2 Å². The van der Waals surface area contributed by atoms with Gasteiger partial charge in [-0.3, -0.25) is 14.9 Å². The molecule has 7 nitrogen and oxygen atoms in total. The van der Waals surface area contributed by atoms with E-state index in [1.165, 1.54) is 0 Å². The number of hydrogen-bond acceptors (Lipinski definition) is 5. The Morgan fingerprint density at radius 3 is 3.00 bits per heavy atom. The van der Waals surface area contributed by atoms with E-state index in [1.54, 1.807) is 11.1 Å². The van der Waals surface area contributed by atoms with Crippen molar-refractivity contribution in [1.29, 1.82) is 0 Å². The third-order valence-corrected chi connectivity index (χ3v) is 3.65. The van der Waals surface area contributed by atoms with Crippen LogP contribution < -0.4 is 0 Å². The van der Waals surface area contributed by atoms with Crippen LogP contribution in [-0.4, -0.2) is 50.7 Å². The maximum absolute atomic E-state index is 12.4. The smallest absolute Gasteiger partial charge is 0.227 e. The van der Waals surface area contributed by atoms with Crippen LogP contribution in [-0.2, 0) is 16.0 Å². The molecule has 3 rings (SSSR count). The third kappa shape index (κ3) is 3.30. The second kappa shape index (κ2) is 6.23. The zero-order valence-corrected chi connectivity index (χ0v) is 12.7. The molecule has 2 aromatic heterocycles. The van der Waals surface area contributed by atoms with Crippen molar-refractivity contribution in [3.8, 4) is 0 Å². The molecule has 1 fully saturated rings. The van der Waals surface area contributed by atoms with E-state index in [-0.39, 0.29) is 12.0 Å². The minimum absolute atomic E-state index is 0.0752. The average molecular weight is 301 g/mol. The summed E-state index contributed by atoms with van der Waals surface area (Å²) in [6.07, 6.45) is 1.84. The number of ether oxygens (including phenoxy) is 1. The highest BCUT2D eigenvalue weighted by molar-refractivity contribution is 5.78. The number of pyridine rings is 1. The summed E-state index contributed by atoms with van der Waals surface area (Å²) in [6.45, 7) is 5.34. The predicted molar refractivity (Wildman–Crippen MR) is 79.1 cm³/mol. The minimum Gasteiger partial charge on any atom is -0.366 e. The van der Waals surface area contributed by atoms with Crippen LogP contribution in [0.25, 0.3) is 0 Å². The number of aromatic amines is 1. The molecule has 7 heteroatoms. The summed E-state index contributed by atoms with van der Waals surface area (Å²) in [5.74, 6) is 1.42. The van der Waals surface area contributed by atoms with Crippen LogP contribution in [0, 0.1) is 13.8 Å². The summed E-state index contributed by atoms with van der Waals surface area (Å²) in [6, 6.07) is 3.86. The van der Waals surface area contributed by atoms with Gasteiger partial charge in [0.15, 0.2) is 5.82 Å². The molecule has 1 N–H and O–H groups in total. The number of hydrogen-bond donors (Lipinski definition) is 1. The quantitative estimate of drug-likeness (QED) is 0.913. The number of nitrogens with zero attached hydrogens (tertiary/aromatic N) is 4. The van der Waals surface area contributed by atoms with Crippen LogP contribution in [0.1, 0.15) is 29.0 Å². The molecular weight excluding hydrogens is 282 g/mol. The number of amides is 1. The summed E-state index contributed by atoms with van der Waals surface area (Å²) in [7, 11) is 0. The van der Waals surface area contributed by atoms with Crippen LogP contribution in [0.5, 0.6) is 0 Å². The van der Waals surface area contributed by atoms with Crippen LogP contribution in [0.3, 0.4) is 0 Å². The molecule has 0 bridgehead atoms. The largest absolute Gasteiger partial charge is 0.366 e. The number of nitrogens with one attached hydrogen (secondary N) is 1. The zero-order valence-electron chi connectivity index (χ0n) is 12.7. The Labute approximate surface area is 128 Å². The molecular formula is C15H19N5O2. The van der Waals surface area contributed by atoms with Gasteiger partial charge in [-0.25, -0.2) is 4.98 Å². The van der Waals surface area contributed by atoms with Gasteiger partial charge in [-0.15, -0.1) is 0 Å². The van der Waals surface area contributed by atoms with Gasteiger partial charge in [-0.2, -0.15) is 5.10 Å². The van der Waals surface area contributed by atoms with Crippen LogP contribution in [0.4, 0.5) is 0 Å². The average Bonchev–Trinajstić information content (AvgIpc) is 2.96. The fraction of sp³-hybridized carbons (Fsp3) is 0.467. The number of carbonyl (C=O) groups excluding carboxylic acids is 1. The van der Waals surface area contributed by atoms with Crippen molar-refractivity contribution >= 4 is 5.91 Å². The number of rotatable bonds is 3. The monoisotopic (exact) mass is 301 g/mol. The third-order valence-electron chi connectivity index (χ3n) is 3.65. The van der Waals surface area contributed by atoms with E-state index < -0.39 is 0 Å². The Kier molecular flexibility index (Phi) is 4.15. The fourth-order valence-corrected chi connectivity index (χ4v) is 2.43. The summed E-state index contributed by atoms with van der Waals surface area (Å²) in [5, 5.41) is 6.92. The Morgan fingerprint density at radius 1 is 1.45 bits per heavy atom. The van der Waals surface area contributed by atoms with Crippen molar-refractivity contribution in [3.63, 3.8) is 0 Å². The van der Waals surface area contributed by atoms with Gasteiger partial charge in [-0.1, -0.05) is 6.07 Å². The lowest BCUT2D eigenvalue weighted by molar-refractivity contribution is -0.138. The van der Waals surface area contributed by atoms with Gasteiger partial charge in [0.25, 0.3) is 0 Å². The topological polar surface area (TPSA) is 84.0 Å². The first-order valence-electron chi connectivity index (χ1n) is 7.31. The van der Waals surface area contributed by atoms with E-state index >= 15 is 0 Å². The van der Waals surface area contributed by atoms with Crippen LogP contribution >= 0.6 is 0 Å². The lowest BCUT2D eigenvalue weighted by Crippen LogP contribution is -2.43. The van der Waals surface area contributed by atoms with Gasteiger partial charge >= 0.3 is 0 Å². The molecule has 1 aliphatic heterocycles. The Balaban J connectivity index is 1.63. The highest BCUT2D eigenvalue weighted by Crippen LogP contribution is 2.19. The molecule has 1 aliphatic rings. The van der Waals surface area contributed by atoms with Gasteiger partial charge < -0.3 is 9.64 Å². The Hall–Kier alpha value is -2.28. The van der Waals surface area contributed by atoms with E-state index in [1.807, 2.05) is 26.0 Å². The van der Waals surface area contributed by atoms with Crippen molar-refractivity contribution in [2.75, 3.05) is 19.7 Å².